The Hall–Kier alpha value is -4.55. The van der Waals surface area contributed by atoms with E-state index in [1.165, 1.54) is 12.1 Å². The van der Waals surface area contributed by atoms with Gasteiger partial charge in [0.25, 0.3) is 0 Å². The Balaban J connectivity index is 1.13. The third kappa shape index (κ3) is 9.04. The molecule has 1 aliphatic carbocycles. The smallest absolute Gasteiger partial charge is 0.407 e. The first-order valence-electron chi connectivity index (χ1n) is 17.3. The van der Waals surface area contributed by atoms with Gasteiger partial charge in [-0.15, -0.1) is 0 Å². The number of fused-ring (bicyclic) bond motifs is 6. The van der Waals surface area contributed by atoms with E-state index in [2.05, 4.69) is 10.6 Å². The van der Waals surface area contributed by atoms with E-state index in [4.69, 9.17) is 23.7 Å². The van der Waals surface area contributed by atoms with Crippen molar-refractivity contribution in [2.45, 2.75) is 96.2 Å². The Labute approximate surface area is 299 Å². The van der Waals surface area contributed by atoms with E-state index < -0.39 is 46.5 Å². The molecule has 0 bridgehead atoms. The molecule has 3 aliphatic rings. The number of phenolic OH excluding ortho intramolecular Hbond substituents is 1. The molecule has 2 amide bonds. The van der Waals surface area contributed by atoms with Gasteiger partial charge in [-0.3, -0.25) is 4.79 Å². The molecule has 4 N–H and O–H groups in total. The van der Waals surface area contributed by atoms with Crippen molar-refractivity contribution in [2.75, 3.05) is 26.3 Å². The first-order chi connectivity index (χ1) is 23.9. The minimum atomic E-state index is -1.28. The molecule has 2 heterocycles. The van der Waals surface area contributed by atoms with Gasteiger partial charge in [0.2, 0.25) is 5.91 Å². The largest absolute Gasteiger partial charge is 0.508 e. The van der Waals surface area contributed by atoms with Gasteiger partial charge in [-0.05, 0) is 97.2 Å². The molecule has 3 atom stereocenters. The number of aromatic hydroxyl groups is 1. The molecule has 0 aromatic heterocycles. The normalized spacial score (nSPS) is 20.8. The van der Waals surface area contributed by atoms with Crippen molar-refractivity contribution in [3.63, 3.8) is 0 Å². The van der Waals surface area contributed by atoms with E-state index in [1.54, 1.807) is 36.4 Å². The molecule has 2 aliphatic heterocycles. The summed E-state index contributed by atoms with van der Waals surface area (Å²) >= 11 is 0. The zero-order chi connectivity index (χ0) is 37.2. The fraction of sp³-hybridized carbons (Fsp3) is 0.513. The standard InChI is InChI=1S/C39H50N2O10/c1-36(2,3)51-35(46)41-16-14-37(4,5)47-18-15-38(6,7)48-19-17-40-33(44)21-24-8-11-27-30(20-24)39(50-34(27)45)28-12-9-25(42)22-31(28)49-32-23-26(43)10-13-29(32)39/h8-13,20,22-23,28,31,42-43H,14-19,21H2,1-7H3,(H,40,44)(H,41,46). The average Bonchev–Trinajstić information content (AvgIpc) is 3.29. The maximum atomic E-state index is 13.2. The zero-order valence-electron chi connectivity index (χ0n) is 30.5. The number of aliphatic hydroxyl groups excluding tert-OH is 1. The number of allylic oxidation sites excluding steroid dienone is 1. The van der Waals surface area contributed by atoms with Crippen molar-refractivity contribution in [3.8, 4) is 11.5 Å². The maximum Gasteiger partial charge on any atom is 0.407 e. The number of esters is 1. The highest BCUT2D eigenvalue weighted by Gasteiger charge is 2.58. The van der Waals surface area contributed by atoms with E-state index in [1.807, 2.05) is 54.5 Å². The lowest BCUT2D eigenvalue weighted by molar-refractivity contribution is -0.121. The molecule has 51 heavy (non-hydrogen) atoms. The second kappa shape index (κ2) is 14.6. The first kappa shape index (κ1) is 37.7. The number of aliphatic hydroxyl groups is 1. The lowest BCUT2D eigenvalue weighted by Gasteiger charge is -2.44. The molecule has 2 aromatic carbocycles. The van der Waals surface area contributed by atoms with Gasteiger partial charge >= 0.3 is 12.1 Å². The Morgan fingerprint density at radius 1 is 0.882 bits per heavy atom. The average molecular weight is 707 g/mol. The Bertz CT molecular complexity index is 1710. The quantitative estimate of drug-likeness (QED) is 0.149. The van der Waals surface area contributed by atoms with Gasteiger partial charge < -0.3 is 44.5 Å². The molecular formula is C39H50N2O10. The highest BCUT2D eigenvalue weighted by Crippen LogP contribution is 2.56. The molecule has 2 aromatic rings. The number of carbonyl (C=O) groups is 3. The van der Waals surface area contributed by atoms with Gasteiger partial charge in [0.15, 0.2) is 5.60 Å². The van der Waals surface area contributed by atoms with Crippen LogP contribution in [0, 0.1) is 5.92 Å². The highest BCUT2D eigenvalue weighted by atomic mass is 16.6. The lowest BCUT2D eigenvalue weighted by Crippen LogP contribution is -2.48. The molecule has 0 fully saturated rings. The van der Waals surface area contributed by atoms with Crippen molar-refractivity contribution >= 4 is 18.0 Å². The van der Waals surface area contributed by atoms with E-state index in [9.17, 15) is 24.6 Å². The third-order valence-electron chi connectivity index (χ3n) is 9.09. The molecule has 3 unspecified atom stereocenters. The highest BCUT2D eigenvalue weighted by molar-refractivity contribution is 5.96. The van der Waals surface area contributed by atoms with Crippen molar-refractivity contribution < 1.29 is 48.3 Å². The molecule has 276 valence electrons. The van der Waals surface area contributed by atoms with Crippen LogP contribution in [0.4, 0.5) is 4.79 Å². The molecule has 0 radical (unpaired) electrons. The second-order valence-electron chi connectivity index (χ2n) is 15.4. The third-order valence-corrected chi connectivity index (χ3v) is 9.09. The second-order valence-corrected chi connectivity index (χ2v) is 15.4. The maximum absolute atomic E-state index is 13.2. The minimum Gasteiger partial charge on any atom is -0.508 e. The fourth-order valence-corrected chi connectivity index (χ4v) is 6.51. The van der Waals surface area contributed by atoms with Crippen LogP contribution in [0.25, 0.3) is 0 Å². The number of amides is 2. The van der Waals surface area contributed by atoms with Gasteiger partial charge in [-0.1, -0.05) is 18.2 Å². The van der Waals surface area contributed by atoms with Crippen LogP contribution >= 0.6 is 0 Å². The number of hydrogen-bond donors (Lipinski definition) is 4. The predicted octanol–water partition coefficient (Wildman–Crippen LogP) is 5.75. The molecule has 0 saturated carbocycles. The monoisotopic (exact) mass is 706 g/mol. The van der Waals surface area contributed by atoms with Crippen LogP contribution in [0.1, 0.15) is 88.4 Å². The van der Waals surface area contributed by atoms with Crippen LogP contribution in [0.3, 0.4) is 0 Å². The fourth-order valence-electron chi connectivity index (χ4n) is 6.51. The van der Waals surface area contributed by atoms with Gasteiger partial charge in [0, 0.05) is 30.3 Å². The number of nitrogens with one attached hydrogen (secondary N) is 2. The van der Waals surface area contributed by atoms with Crippen molar-refractivity contribution in [1.29, 1.82) is 0 Å². The number of benzene rings is 2. The topological polar surface area (TPSA) is 162 Å². The summed E-state index contributed by atoms with van der Waals surface area (Å²) in [5.41, 5.74) is -0.556. The van der Waals surface area contributed by atoms with Crippen LogP contribution in [0.5, 0.6) is 11.5 Å². The number of phenols is 1. The summed E-state index contributed by atoms with van der Waals surface area (Å²) in [5, 5.41) is 26.1. The molecule has 0 saturated heterocycles. The number of carbonyl (C=O) groups excluding carboxylic acids is 3. The van der Waals surface area contributed by atoms with E-state index in [-0.39, 0.29) is 23.8 Å². The zero-order valence-corrected chi connectivity index (χ0v) is 30.5. The van der Waals surface area contributed by atoms with Gasteiger partial charge in [-0.25, -0.2) is 9.59 Å². The van der Waals surface area contributed by atoms with E-state index in [0.717, 1.165) is 0 Å². The molecule has 12 heteroatoms. The summed E-state index contributed by atoms with van der Waals surface area (Å²) in [5.74, 6) is -0.861. The predicted molar refractivity (Wildman–Crippen MR) is 189 cm³/mol. The van der Waals surface area contributed by atoms with Crippen LogP contribution < -0.4 is 15.4 Å². The van der Waals surface area contributed by atoms with Crippen molar-refractivity contribution in [2.24, 2.45) is 5.92 Å². The summed E-state index contributed by atoms with van der Waals surface area (Å²) in [6.45, 7) is 14.8. The summed E-state index contributed by atoms with van der Waals surface area (Å²) in [4.78, 5) is 38.2. The van der Waals surface area contributed by atoms with Crippen LogP contribution in [-0.2, 0) is 35.8 Å². The van der Waals surface area contributed by atoms with Crippen LogP contribution in [0.15, 0.2) is 60.4 Å². The Morgan fingerprint density at radius 2 is 1.61 bits per heavy atom. The molecular weight excluding hydrogens is 656 g/mol. The Morgan fingerprint density at radius 3 is 2.35 bits per heavy atom. The Kier molecular flexibility index (Phi) is 10.8. The van der Waals surface area contributed by atoms with E-state index in [0.29, 0.717) is 67.1 Å². The minimum absolute atomic E-state index is 0.0111. The van der Waals surface area contributed by atoms with E-state index >= 15 is 0 Å². The molecule has 1 spiro atoms. The van der Waals surface area contributed by atoms with Crippen molar-refractivity contribution in [3.05, 3.63) is 82.6 Å². The SMILES string of the molecule is CC(C)(C)OC(=O)NCCC(C)(C)OCCC(C)(C)OCCNC(=O)Cc1ccc2c(c1)C1(OC2=O)c2ccc(O)cc2OC2C=C(O)C=CC21. The van der Waals surface area contributed by atoms with Crippen LogP contribution in [-0.4, -0.2) is 77.4 Å². The number of hydrogen-bond acceptors (Lipinski definition) is 10. The number of rotatable bonds is 13. The number of alkyl carbamates (subject to hydrolysis) is 1. The summed E-state index contributed by atoms with van der Waals surface area (Å²) in [6.07, 6.45) is 5.05. The van der Waals surface area contributed by atoms with Gasteiger partial charge in [-0.2, -0.15) is 0 Å². The summed E-state index contributed by atoms with van der Waals surface area (Å²) in [6, 6.07) is 9.89. The van der Waals surface area contributed by atoms with Gasteiger partial charge in [0.1, 0.15) is 29.0 Å². The molecule has 12 nitrogen and oxygen atoms in total. The van der Waals surface area contributed by atoms with Gasteiger partial charge in [0.05, 0.1) is 42.3 Å². The number of ether oxygens (including phenoxy) is 5. The summed E-state index contributed by atoms with van der Waals surface area (Å²) < 4.78 is 29.7. The summed E-state index contributed by atoms with van der Waals surface area (Å²) in [7, 11) is 0. The first-order valence-corrected chi connectivity index (χ1v) is 17.3. The van der Waals surface area contributed by atoms with Crippen LogP contribution in [0.2, 0.25) is 0 Å². The lowest BCUT2D eigenvalue weighted by atomic mass is 9.70. The van der Waals surface area contributed by atoms with Crippen molar-refractivity contribution in [1.82, 2.24) is 10.6 Å². The molecule has 5 rings (SSSR count).